The molecule has 0 fully saturated rings. The molecule has 1 aliphatic heterocycles. The monoisotopic (exact) mass is 408 g/mol. The van der Waals surface area contributed by atoms with Crippen molar-refractivity contribution in [2.24, 2.45) is 4.99 Å². The fraction of sp³-hybridized carbons (Fsp3) is 0.208. The maximum absolute atomic E-state index is 14.5. The Bertz CT molecular complexity index is 1050. The Morgan fingerprint density at radius 3 is 2.55 bits per heavy atom. The van der Waals surface area contributed by atoms with Gasteiger partial charge in [-0.25, -0.2) is 4.39 Å². The second-order valence-corrected chi connectivity index (χ2v) is 7.61. The highest BCUT2D eigenvalue weighted by Gasteiger charge is 2.29. The molecule has 29 heavy (non-hydrogen) atoms. The zero-order valence-corrected chi connectivity index (χ0v) is 16.8. The molecule has 0 aliphatic carbocycles. The van der Waals surface area contributed by atoms with E-state index >= 15 is 0 Å². The fourth-order valence-electron chi connectivity index (χ4n) is 3.67. The topological polar surface area (TPSA) is 44.6 Å². The lowest BCUT2D eigenvalue weighted by Crippen LogP contribution is -2.33. The van der Waals surface area contributed by atoms with Crippen molar-refractivity contribution < 1.29 is 9.50 Å². The van der Waals surface area contributed by atoms with Crippen molar-refractivity contribution in [2.75, 3.05) is 0 Å². The van der Waals surface area contributed by atoms with E-state index in [0.717, 1.165) is 17.7 Å². The van der Waals surface area contributed by atoms with Gasteiger partial charge in [0.2, 0.25) is 0 Å². The van der Waals surface area contributed by atoms with Crippen LogP contribution in [0.2, 0.25) is 5.02 Å². The van der Waals surface area contributed by atoms with Gasteiger partial charge in [0.1, 0.15) is 17.7 Å². The van der Waals surface area contributed by atoms with Crippen molar-refractivity contribution in [1.82, 2.24) is 5.32 Å². The van der Waals surface area contributed by atoms with Crippen molar-refractivity contribution >= 4 is 17.3 Å². The van der Waals surface area contributed by atoms with Crippen LogP contribution in [0.15, 0.2) is 71.7 Å². The molecule has 0 unspecified atom stereocenters. The van der Waals surface area contributed by atoms with Gasteiger partial charge in [0.15, 0.2) is 0 Å². The van der Waals surface area contributed by atoms with Crippen LogP contribution >= 0.6 is 11.6 Å². The average molecular weight is 409 g/mol. The van der Waals surface area contributed by atoms with E-state index in [1.807, 2.05) is 0 Å². The van der Waals surface area contributed by atoms with E-state index in [1.54, 1.807) is 36.4 Å². The molecule has 0 amide bonds. The van der Waals surface area contributed by atoms with E-state index in [4.69, 9.17) is 16.6 Å². The highest BCUT2D eigenvalue weighted by Crippen LogP contribution is 2.36. The van der Waals surface area contributed by atoms with Gasteiger partial charge in [0, 0.05) is 34.3 Å². The smallest absolute Gasteiger partial charge is 0.129 e. The molecule has 5 heteroatoms. The number of rotatable bonds is 4. The van der Waals surface area contributed by atoms with E-state index in [2.05, 4.69) is 36.5 Å². The van der Waals surface area contributed by atoms with Gasteiger partial charge < -0.3 is 5.11 Å². The molecule has 3 aromatic rings. The normalized spacial score (nSPS) is 19.1. The third-order valence-electron chi connectivity index (χ3n) is 5.30. The van der Waals surface area contributed by atoms with Crippen LogP contribution in [0.1, 0.15) is 47.8 Å². The molecule has 1 heterocycles. The summed E-state index contributed by atoms with van der Waals surface area (Å²) in [7, 11) is 0. The molecular weight excluding hydrogens is 387 g/mol. The van der Waals surface area contributed by atoms with Crippen LogP contribution in [0.5, 0.6) is 5.75 Å². The molecule has 0 saturated carbocycles. The van der Waals surface area contributed by atoms with Gasteiger partial charge in [0.25, 0.3) is 0 Å². The Morgan fingerprint density at radius 2 is 1.83 bits per heavy atom. The molecular formula is C24H22ClFN2O. The van der Waals surface area contributed by atoms with Crippen LogP contribution in [0.4, 0.5) is 4.39 Å². The number of aliphatic imine (C=N–C) groups is 1. The van der Waals surface area contributed by atoms with Crippen LogP contribution in [-0.4, -0.2) is 10.8 Å². The minimum Gasteiger partial charge on any atom is -0.508 e. The van der Waals surface area contributed by atoms with Gasteiger partial charge in [-0.3, -0.25) is 10.3 Å². The summed E-state index contributed by atoms with van der Waals surface area (Å²) < 4.78 is 14.5. The van der Waals surface area contributed by atoms with Gasteiger partial charge in [-0.1, -0.05) is 61.0 Å². The van der Waals surface area contributed by atoms with Gasteiger partial charge >= 0.3 is 0 Å². The molecule has 148 valence electrons. The number of nitrogens with one attached hydrogen (secondary N) is 1. The molecule has 2 N–H and O–H groups in total. The molecule has 3 nitrogen and oxygen atoms in total. The van der Waals surface area contributed by atoms with E-state index < -0.39 is 6.17 Å². The zero-order valence-electron chi connectivity index (χ0n) is 16.1. The number of benzene rings is 3. The number of nitrogens with zero attached hydrogens (tertiary/aromatic N) is 1. The highest BCUT2D eigenvalue weighted by atomic mass is 35.5. The molecule has 0 radical (unpaired) electrons. The summed E-state index contributed by atoms with van der Waals surface area (Å²) in [6.07, 6.45) is 0.962. The number of phenolic OH excluding ortho intramolecular Hbond substituents is 1. The first-order valence-electron chi connectivity index (χ1n) is 9.70. The third kappa shape index (κ3) is 4.19. The summed E-state index contributed by atoms with van der Waals surface area (Å²) in [4.78, 5) is 4.82. The van der Waals surface area contributed by atoms with E-state index in [9.17, 15) is 9.50 Å². The third-order valence-corrected chi connectivity index (χ3v) is 5.54. The summed E-state index contributed by atoms with van der Waals surface area (Å²) in [5.41, 5.74) is 4.26. The fourth-order valence-corrected chi connectivity index (χ4v) is 3.85. The highest BCUT2D eigenvalue weighted by molar-refractivity contribution is 6.30. The summed E-state index contributed by atoms with van der Waals surface area (Å²) in [5.74, 6) is -0.160. The summed E-state index contributed by atoms with van der Waals surface area (Å²) in [6.45, 7) is 2.11. The lowest BCUT2D eigenvalue weighted by Gasteiger charge is -2.31. The summed E-state index contributed by atoms with van der Waals surface area (Å²) in [6, 6.07) is 19.6. The lowest BCUT2D eigenvalue weighted by atomic mass is 9.93. The van der Waals surface area contributed by atoms with Crippen molar-refractivity contribution in [3.8, 4) is 5.75 Å². The molecule has 0 bridgehead atoms. The van der Waals surface area contributed by atoms with Crippen LogP contribution in [0, 0.1) is 5.82 Å². The number of hydrogen-bond acceptors (Lipinski definition) is 3. The number of halogens is 2. The first kappa shape index (κ1) is 19.6. The van der Waals surface area contributed by atoms with Gasteiger partial charge in [-0.05, 0) is 41.8 Å². The minimum absolute atomic E-state index is 0.154. The quantitative estimate of drug-likeness (QED) is 0.558. The molecule has 3 aromatic carbocycles. The number of hydrogen-bond donors (Lipinski definition) is 2. The van der Waals surface area contributed by atoms with E-state index in [0.29, 0.717) is 22.6 Å². The molecule has 2 atom stereocenters. The summed E-state index contributed by atoms with van der Waals surface area (Å²) >= 11 is 6.17. The Hall–Kier alpha value is -2.69. The van der Waals surface area contributed by atoms with Crippen LogP contribution in [0.3, 0.4) is 0 Å². The minimum atomic E-state index is -0.561. The van der Waals surface area contributed by atoms with Crippen LogP contribution in [0.25, 0.3) is 0 Å². The van der Waals surface area contributed by atoms with Crippen molar-refractivity contribution in [3.63, 3.8) is 0 Å². The Labute approximate surface area is 174 Å². The SMILES string of the molecule is CCc1ccc(C2=N[C@H](c3ccccc3F)N[C@@H](c3cc(Cl)ccc3O)C2)cc1. The number of phenols is 1. The van der Waals surface area contributed by atoms with E-state index in [1.165, 1.54) is 11.6 Å². The standard InChI is InChI=1S/C24H22ClFN2O/c1-2-15-7-9-16(10-8-15)21-14-22(19-13-17(25)11-12-23(19)29)28-24(27-21)18-5-3-4-6-20(18)26/h3-13,22,24,28-29H,2,14H2,1H3/t22-,24+/m1/s1. The predicted octanol–water partition coefficient (Wildman–Crippen LogP) is 5.97. The average Bonchev–Trinajstić information content (AvgIpc) is 2.75. The molecule has 1 aliphatic rings. The summed E-state index contributed by atoms with van der Waals surface area (Å²) in [5, 5.41) is 14.3. The Kier molecular flexibility index (Phi) is 5.65. The van der Waals surface area contributed by atoms with Gasteiger partial charge in [0.05, 0.1) is 0 Å². The van der Waals surface area contributed by atoms with E-state index in [-0.39, 0.29) is 17.6 Å². The maximum Gasteiger partial charge on any atom is 0.129 e. The maximum atomic E-state index is 14.5. The zero-order chi connectivity index (χ0) is 20.4. The predicted molar refractivity (Wildman–Crippen MR) is 115 cm³/mol. The van der Waals surface area contributed by atoms with Crippen molar-refractivity contribution in [2.45, 2.75) is 32.0 Å². The molecule has 0 saturated heterocycles. The second-order valence-electron chi connectivity index (χ2n) is 7.18. The van der Waals surface area contributed by atoms with Gasteiger partial charge in [-0.15, -0.1) is 0 Å². The largest absolute Gasteiger partial charge is 0.508 e. The van der Waals surface area contributed by atoms with Crippen molar-refractivity contribution in [1.29, 1.82) is 0 Å². The number of aryl methyl sites for hydroxylation is 1. The van der Waals surface area contributed by atoms with Crippen molar-refractivity contribution in [3.05, 3.63) is 99.8 Å². The molecule has 0 aromatic heterocycles. The van der Waals surface area contributed by atoms with Crippen LogP contribution < -0.4 is 5.32 Å². The lowest BCUT2D eigenvalue weighted by molar-refractivity contribution is 0.405. The molecule has 4 rings (SSSR count). The number of aromatic hydroxyl groups is 1. The second kappa shape index (κ2) is 8.36. The van der Waals surface area contributed by atoms with Gasteiger partial charge in [-0.2, -0.15) is 0 Å². The first-order valence-corrected chi connectivity index (χ1v) is 10.1. The Morgan fingerprint density at radius 1 is 1.07 bits per heavy atom. The first-order chi connectivity index (χ1) is 14.0. The van der Waals surface area contributed by atoms with Crippen LogP contribution in [-0.2, 0) is 6.42 Å². The Balaban J connectivity index is 1.77. The molecule has 0 spiro atoms.